The minimum atomic E-state index is -0.255. The van der Waals surface area contributed by atoms with E-state index in [0.29, 0.717) is 6.04 Å². The van der Waals surface area contributed by atoms with Crippen LogP contribution in [-0.4, -0.2) is 9.55 Å². The number of aromatic nitrogens is 2. The molecule has 1 aromatic carbocycles. The summed E-state index contributed by atoms with van der Waals surface area (Å²) in [6.07, 6.45) is 5.85. The van der Waals surface area contributed by atoms with E-state index < -0.39 is 0 Å². The van der Waals surface area contributed by atoms with Crippen LogP contribution in [0.5, 0.6) is 0 Å². The zero-order chi connectivity index (χ0) is 15.0. The molecule has 0 aliphatic heterocycles. The molecule has 0 spiro atoms. The lowest BCUT2D eigenvalue weighted by molar-refractivity contribution is 0.215. The van der Waals surface area contributed by atoms with Crippen molar-refractivity contribution in [3.05, 3.63) is 30.1 Å². The Morgan fingerprint density at radius 1 is 1.29 bits per heavy atom. The number of fused-ring (bicyclic) bond motifs is 1. The molecule has 0 atom stereocenters. The van der Waals surface area contributed by atoms with E-state index in [0.717, 1.165) is 30.1 Å². The Kier molecular flexibility index (Phi) is 3.78. The molecule has 1 heterocycles. The van der Waals surface area contributed by atoms with E-state index in [1.54, 1.807) is 0 Å². The Balaban J connectivity index is 2.05. The average molecular weight is 285 g/mol. The highest BCUT2D eigenvalue weighted by Gasteiger charge is 2.37. The largest absolute Gasteiger partial charge is 0.324 e. The Bertz CT molecular complexity index is 618. The topological polar surface area (TPSA) is 43.8 Å². The van der Waals surface area contributed by atoms with Crippen LogP contribution in [0.2, 0.25) is 0 Å². The summed E-state index contributed by atoms with van der Waals surface area (Å²) < 4.78 is 2.35. The Hall–Kier alpha value is -1.35. The second kappa shape index (κ2) is 5.45. The molecule has 1 aromatic heterocycles. The van der Waals surface area contributed by atoms with Gasteiger partial charge in [-0.1, -0.05) is 25.5 Å². The van der Waals surface area contributed by atoms with Gasteiger partial charge in [-0.2, -0.15) is 0 Å². The Labute approximate surface area is 127 Å². The summed E-state index contributed by atoms with van der Waals surface area (Å²) in [6, 6.07) is 8.79. The lowest BCUT2D eigenvalue weighted by Gasteiger charge is -2.37. The third kappa shape index (κ3) is 2.48. The number of imidazole rings is 1. The smallest absolute Gasteiger partial charge is 0.130 e. The molecule has 2 N–H and O–H groups in total. The van der Waals surface area contributed by atoms with Crippen molar-refractivity contribution in [3.63, 3.8) is 0 Å². The first-order valence-corrected chi connectivity index (χ1v) is 8.31. The van der Waals surface area contributed by atoms with Gasteiger partial charge in [0.15, 0.2) is 0 Å². The van der Waals surface area contributed by atoms with Gasteiger partial charge in [0.25, 0.3) is 0 Å². The lowest BCUT2D eigenvalue weighted by atomic mass is 9.75. The third-order valence-corrected chi connectivity index (χ3v) is 5.13. The standard InChI is InChI=1S/C18H27N3/c1-4-14-9-11-18(19,12-10-14)17-20-15-7-5-6-8-16(15)21(17)13(2)3/h5-8,13-14H,4,9-12,19H2,1-3H3. The van der Waals surface area contributed by atoms with Crippen LogP contribution in [0.3, 0.4) is 0 Å². The maximum atomic E-state index is 6.82. The van der Waals surface area contributed by atoms with E-state index in [9.17, 15) is 0 Å². The van der Waals surface area contributed by atoms with E-state index >= 15 is 0 Å². The number of nitrogens with zero attached hydrogens (tertiary/aromatic N) is 2. The second-order valence-electron chi connectivity index (χ2n) is 6.90. The molecule has 3 heteroatoms. The van der Waals surface area contributed by atoms with Crippen LogP contribution in [0, 0.1) is 5.92 Å². The molecule has 1 aliphatic carbocycles. The van der Waals surface area contributed by atoms with E-state index in [4.69, 9.17) is 10.7 Å². The van der Waals surface area contributed by atoms with Crippen LogP contribution >= 0.6 is 0 Å². The van der Waals surface area contributed by atoms with Gasteiger partial charge in [0.05, 0.1) is 16.6 Å². The molecule has 0 radical (unpaired) electrons. The van der Waals surface area contributed by atoms with Crippen molar-refractivity contribution in [1.29, 1.82) is 0 Å². The maximum absolute atomic E-state index is 6.82. The normalized spacial score (nSPS) is 26.6. The number of nitrogens with two attached hydrogens (primary N) is 1. The van der Waals surface area contributed by atoms with Gasteiger partial charge in [-0.05, 0) is 57.6 Å². The zero-order valence-corrected chi connectivity index (χ0v) is 13.5. The third-order valence-electron chi connectivity index (χ3n) is 5.13. The summed E-state index contributed by atoms with van der Waals surface area (Å²) in [5, 5.41) is 0. The van der Waals surface area contributed by atoms with Crippen LogP contribution in [0.15, 0.2) is 24.3 Å². The van der Waals surface area contributed by atoms with Crippen LogP contribution < -0.4 is 5.73 Å². The number of benzene rings is 1. The monoisotopic (exact) mass is 285 g/mol. The van der Waals surface area contributed by atoms with E-state index in [-0.39, 0.29) is 5.54 Å². The fourth-order valence-corrected chi connectivity index (χ4v) is 3.74. The molecular formula is C18H27N3. The molecular weight excluding hydrogens is 258 g/mol. The van der Waals surface area contributed by atoms with Crippen LogP contribution in [-0.2, 0) is 5.54 Å². The molecule has 2 aromatic rings. The average Bonchev–Trinajstić information content (AvgIpc) is 2.88. The molecule has 1 aliphatic rings. The summed E-state index contributed by atoms with van der Waals surface area (Å²) in [5.41, 5.74) is 8.85. The molecule has 1 saturated carbocycles. The molecule has 3 nitrogen and oxygen atoms in total. The van der Waals surface area contributed by atoms with Crippen molar-refractivity contribution in [2.75, 3.05) is 0 Å². The van der Waals surface area contributed by atoms with E-state index in [1.165, 1.54) is 24.8 Å². The predicted octanol–water partition coefficient (Wildman–Crippen LogP) is 4.37. The zero-order valence-electron chi connectivity index (χ0n) is 13.5. The number of rotatable bonds is 3. The quantitative estimate of drug-likeness (QED) is 0.910. The second-order valence-corrected chi connectivity index (χ2v) is 6.90. The van der Waals surface area contributed by atoms with Crippen molar-refractivity contribution in [1.82, 2.24) is 9.55 Å². The summed E-state index contributed by atoms with van der Waals surface area (Å²) in [5.74, 6) is 1.94. The van der Waals surface area contributed by atoms with Crippen molar-refractivity contribution in [3.8, 4) is 0 Å². The molecule has 0 amide bonds. The fourth-order valence-electron chi connectivity index (χ4n) is 3.74. The summed E-state index contributed by atoms with van der Waals surface area (Å²) in [7, 11) is 0. The van der Waals surface area contributed by atoms with Gasteiger partial charge >= 0.3 is 0 Å². The van der Waals surface area contributed by atoms with Gasteiger partial charge in [0, 0.05) is 6.04 Å². The highest BCUT2D eigenvalue weighted by atomic mass is 15.1. The number of hydrogen-bond donors (Lipinski definition) is 1. The minimum Gasteiger partial charge on any atom is -0.324 e. The van der Waals surface area contributed by atoms with Crippen LogP contribution in [0.4, 0.5) is 0 Å². The summed E-state index contributed by atoms with van der Waals surface area (Å²) >= 11 is 0. The first kappa shape index (κ1) is 14.6. The Morgan fingerprint density at radius 2 is 1.95 bits per heavy atom. The van der Waals surface area contributed by atoms with Crippen molar-refractivity contribution in [2.24, 2.45) is 11.7 Å². The van der Waals surface area contributed by atoms with Crippen LogP contribution in [0.1, 0.15) is 64.7 Å². The SMILES string of the molecule is CCC1CCC(N)(c2nc3ccccc3n2C(C)C)CC1. The van der Waals surface area contributed by atoms with Crippen molar-refractivity contribution in [2.45, 2.75) is 64.5 Å². The molecule has 0 unspecified atom stereocenters. The minimum absolute atomic E-state index is 0.255. The van der Waals surface area contributed by atoms with Gasteiger partial charge in [-0.3, -0.25) is 0 Å². The predicted molar refractivity (Wildman–Crippen MR) is 88.2 cm³/mol. The first-order chi connectivity index (χ1) is 10.0. The molecule has 21 heavy (non-hydrogen) atoms. The van der Waals surface area contributed by atoms with E-state index in [2.05, 4.69) is 49.6 Å². The summed E-state index contributed by atoms with van der Waals surface area (Å²) in [6.45, 7) is 6.73. The van der Waals surface area contributed by atoms with E-state index in [1.807, 2.05) is 0 Å². The van der Waals surface area contributed by atoms with Gasteiger partial charge in [-0.15, -0.1) is 0 Å². The first-order valence-electron chi connectivity index (χ1n) is 8.31. The molecule has 114 valence electrons. The lowest BCUT2D eigenvalue weighted by Crippen LogP contribution is -2.43. The highest BCUT2D eigenvalue weighted by molar-refractivity contribution is 5.76. The van der Waals surface area contributed by atoms with Crippen molar-refractivity contribution >= 4 is 11.0 Å². The number of hydrogen-bond acceptors (Lipinski definition) is 2. The molecule has 3 rings (SSSR count). The van der Waals surface area contributed by atoms with Crippen molar-refractivity contribution < 1.29 is 0 Å². The molecule has 0 bridgehead atoms. The van der Waals surface area contributed by atoms with Gasteiger partial charge in [0.2, 0.25) is 0 Å². The summed E-state index contributed by atoms with van der Waals surface area (Å²) in [4.78, 5) is 4.92. The maximum Gasteiger partial charge on any atom is 0.130 e. The van der Waals surface area contributed by atoms with Gasteiger partial charge in [0.1, 0.15) is 5.82 Å². The van der Waals surface area contributed by atoms with Crippen LogP contribution in [0.25, 0.3) is 11.0 Å². The molecule has 0 saturated heterocycles. The Morgan fingerprint density at radius 3 is 2.57 bits per heavy atom. The van der Waals surface area contributed by atoms with Gasteiger partial charge < -0.3 is 10.3 Å². The fraction of sp³-hybridized carbons (Fsp3) is 0.611. The highest BCUT2D eigenvalue weighted by Crippen LogP contribution is 2.40. The van der Waals surface area contributed by atoms with Gasteiger partial charge in [-0.25, -0.2) is 4.98 Å². The number of para-hydroxylation sites is 2. The molecule has 1 fully saturated rings.